The zero-order valence-corrected chi connectivity index (χ0v) is 16.7. The van der Waals surface area contributed by atoms with Gasteiger partial charge in [0.2, 0.25) is 17.7 Å². The van der Waals surface area contributed by atoms with Crippen molar-refractivity contribution in [3.63, 3.8) is 0 Å². The number of aliphatic carboxylic acids is 1. The minimum absolute atomic E-state index is 0.118. The van der Waals surface area contributed by atoms with Gasteiger partial charge in [-0.25, -0.2) is 4.79 Å². The molecule has 26 heavy (non-hydrogen) atoms. The Bertz CT molecular complexity index is 493. The van der Waals surface area contributed by atoms with E-state index in [0.29, 0.717) is 24.3 Å². The molecule has 0 aromatic carbocycles. The van der Waals surface area contributed by atoms with Gasteiger partial charge in [-0.2, -0.15) is 23.5 Å². The number of rotatable bonds is 14. The number of primary amides is 1. The predicted molar refractivity (Wildman–Crippen MR) is 104 cm³/mol. The van der Waals surface area contributed by atoms with E-state index in [1.807, 2.05) is 12.5 Å². The van der Waals surface area contributed by atoms with Crippen LogP contribution in [0.1, 0.15) is 25.7 Å². The topological polar surface area (TPSA) is 165 Å². The molecule has 0 radical (unpaired) electrons. The highest BCUT2D eigenvalue weighted by atomic mass is 32.2. The minimum Gasteiger partial charge on any atom is -0.480 e. The number of nitrogens with one attached hydrogen (secondary N) is 2. The molecule has 0 saturated heterocycles. The Morgan fingerprint density at radius 2 is 1.46 bits per heavy atom. The molecule has 0 rings (SSSR count). The van der Waals surface area contributed by atoms with Gasteiger partial charge < -0.3 is 27.2 Å². The highest BCUT2D eigenvalue weighted by molar-refractivity contribution is 7.98. The lowest BCUT2D eigenvalue weighted by Crippen LogP contribution is -2.54. The lowest BCUT2D eigenvalue weighted by atomic mass is 10.1. The van der Waals surface area contributed by atoms with E-state index >= 15 is 0 Å². The van der Waals surface area contributed by atoms with Crippen LogP contribution in [0.5, 0.6) is 0 Å². The van der Waals surface area contributed by atoms with Gasteiger partial charge in [-0.3, -0.25) is 14.4 Å². The zero-order chi connectivity index (χ0) is 20.1. The van der Waals surface area contributed by atoms with Gasteiger partial charge in [-0.15, -0.1) is 0 Å². The molecule has 0 aliphatic heterocycles. The number of carbonyl (C=O) groups is 4. The van der Waals surface area contributed by atoms with Gasteiger partial charge in [-0.05, 0) is 43.3 Å². The van der Waals surface area contributed by atoms with Crippen molar-refractivity contribution < 1.29 is 24.3 Å². The van der Waals surface area contributed by atoms with E-state index in [1.54, 1.807) is 11.8 Å². The number of nitrogens with two attached hydrogens (primary N) is 2. The number of amides is 3. The van der Waals surface area contributed by atoms with Crippen LogP contribution in [0.3, 0.4) is 0 Å². The molecule has 0 aliphatic carbocycles. The van der Waals surface area contributed by atoms with Crippen LogP contribution in [0.4, 0.5) is 0 Å². The third-order valence-electron chi connectivity index (χ3n) is 3.51. The SMILES string of the molecule is CSCCC(N)C(=O)NC(CCSC)C(=O)NC(CCC(N)=O)C(=O)O. The van der Waals surface area contributed by atoms with Gasteiger partial charge >= 0.3 is 5.97 Å². The Kier molecular flexibility index (Phi) is 12.9. The van der Waals surface area contributed by atoms with E-state index in [1.165, 1.54) is 11.8 Å². The molecule has 0 aromatic heterocycles. The van der Waals surface area contributed by atoms with Crippen LogP contribution in [0.25, 0.3) is 0 Å². The first-order valence-corrected chi connectivity index (χ1v) is 10.9. The van der Waals surface area contributed by atoms with Gasteiger partial charge in [0.1, 0.15) is 12.1 Å². The van der Waals surface area contributed by atoms with Gasteiger partial charge in [0.15, 0.2) is 0 Å². The van der Waals surface area contributed by atoms with Crippen LogP contribution in [0, 0.1) is 0 Å². The molecule has 0 bridgehead atoms. The van der Waals surface area contributed by atoms with E-state index in [0.717, 1.165) is 0 Å². The van der Waals surface area contributed by atoms with Crippen molar-refractivity contribution in [3.05, 3.63) is 0 Å². The summed E-state index contributed by atoms with van der Waals surface area (Å²) in [5.41, 5.74) is 10.8. The fourth-order valence-electron chi connectivity index (χ4n) is 1.98. The summed E-state index contributed by atoms with van der Waals surface area (Å²) in [7, 11) is 0. The molecule has 150 valence electrons. The van der Waals surface area contributed by atoms with E-state index in [4.69, 9.17) is 11.5 Å². The van der Waals surface area contributed by atoms with Crippen molar-refractivity contribution in [1.29, 1.82) is 0 Å². The maximum absolute atomic E-state index is 12.4. The van der Waals surface area contributed by atoms with Crippen LogP contribution < -0.4 is 22.1 Å². The molecule has 0 heterocycles. The summed E-state index contributed by atoms with van der Waals surface area (Å²) in [5, 5.41) is 14.1. The second kappa shape index (κ2) is 13.7. The predicted octanol–water partition coefficient (Wildman–Crippen LogP) is -0.860. The summed E-state index contributed by atoms with van der Waals surface area (Å²) in [5.74, 6) is -1.70. The lowest BCUT2D eigenvalue weighted by Gasteiger charge is -2.22. The molecule has 3 atom stereocenters. The average molecular weight is 409 g/mol. The molecular formula is C15H28N4O5S2. The molecule has 3 unspecified atom stereocenters. The van der Waals surface area contributed by atoms with E-state index in [-0.39, 0.29) is 12.8 Å². The molecule has 0 fully saturated rings. The summed E-state index contributed by atoms with van der Waals surface area (Å²) in [6.07, 6.45) is 4.27. The first-order chi connectivity index (χ1) is 12.2. The average Bonchev–Trinajstić information content (AvgIpc) is 2.58. The maximum atomic E-state index is 12.4. The molecule has 0 saturated carbocycles. The van der Waals surface area contributed by atoms with Crippen LogP contribution >= 0.6 is 23.5 Å². The highest BCUT2D eigenvalue weighted by Crippen LogP contribution is 2.05. The van der Waals surface area contributed by atoms with Crippen LogP contribution in [-0.2, 0) is 19.2 Å². The summed E-state index contributed by atoms with van der Waals surface area (Å²) < 4.78 is 0. The smallest absolute Gasteiger partial charge is 0.326 e. The maximum Gasteiger partial charge on any atom is 0.326 e. The number of hydrogen-bond acceptors (Lipinski definition) is 7. The molecule has 0 spiro atoms. The Morgan fingerprint density at radius 1 is 0.923 bits per heavy atom. The first kappa shape index (κ1) is 24.5. The third kappa shape index (κ3) is 10.5. The minimum atomic E-state index is -1.27. The van der Waals surface area contributed by atoms with Crippen molar-refractivity contribution in [2.24, 2.45) is 11.5 Å². The number of carboxylic acid groups (broad SMARTS) is 1. The molecule has 3 amide bonds. The van der Waals surface area contributed by atoms with Crippen molar-refractivity contribution in [3.8, 4) is 0 Å². The molecular weight excluding hydrogens is 380 g/mol. The summed E-state index contributed by atoms with van der Waals surface area (Å²) in [4.78, 5) is 46.7. The standard InChI is InChI=1S/C15H28N4O5S2/c1-25-7-5-9(16)13(21)18-10(6-8-26-2)14(22)19-11(15(23)24)3-4-12(17)20/h9-11H,3-8,16H2,1-2H3,(H2,17,20)(H,18,21)(H,19,22)(H,23,24). The fraction of sp³-hybridized carbons (Fsp3) is 0.733. The third-order valence-corrected chi connectivity index (χ3v) is 4.80. The van der Waals surface area contributed by atoms with Gasteiger partial charge in [0.05, 0.1) is 6.04 Å². The van der Waals surface area contributed by atoms with Crippen LogP contribution in [0.2, 0.25) is 0 Å². The zero-order valence-electron chi connectivity index (χ0n) is 15.0. The van der Waals surface area contributed by atoms with E-state index in [9.17, 15) is 24.3 Å². The normalized spacial score (nSPS) is 14.1. The second-order valence-corrected chi connectivity index (χ2v) is 7.61. The molecule has 7 N–H and O–H groups in total. The van der Waals surface area contributed by atoms with Gasteiger partial charge in [-0.1, -0.05) is 0 Å². The highest BCUT2D eigenvalue weighted by Gasteiger charge is 2.27. The number of carbonyl (C=O) groups excluding carboxylic acids is 3. The van der Waals surface area contributed by atoms with Crippen LogP contribution in [-0.4, -0.2) is 70.9 Å². The summed E-state index contributed by atoms with van der Waals surface area (Å²) in [6, 6.07) is -2.89. The van der Waals surface area contributed by atoms with Crippen LogP contribution in [0.15, 0.2) is 0 Å². The Hall–Kier alpha value is -1.46. The quantitative estimate of drug-likeness (QED) is 0.248. The number of thioether (sulfide) groups is 2. The van der Waals surface area contributed by atoms with Gasteiger partial charge in [0, 0.05) is 6.42 Å². The summed E-state index contributed by atoms with van der Waals surface area (Å²) >= 11 is 3.05. The fourth-order valence-corrected chi connectivity index (χ4v) is 2.94. The van der Waals surface area contributed by atoms with E-state index in [2.05, 4.69) is 10.6 Å². The number of hydrogen-bond donors (Lipinski definition) is 5. The number of carboxylic acids is 1. The van der Waals surface area contributed by atoms with Crippen molar-refractivity contribution >= 4 is 47.2 Å². The first-order valence-electron chi connectivity index (χ1n) is 8.08. The molecule has 0 aromatic rings. The van der Waals surface area contributed by atoms with Crippen molar-refractivity contribution in [2.45, 2.75) is 43.8 Å². The Balaban J connectivity index is 4.90. The van der Waals surface area contributed by atoms with Gasteiger partial charge in [0.25, 0.3) is 0 Å². The van der Waals surface area contributed by atoms with E-state index < -0.39 is 41.8 Å². The second-order valence-electron chi connectivity index (χ2n) is 5.64. The van der Waals surface area contributed by atoms with Crippen molar-refractivity contribution in [1.82, 2.24) is 10.6 Å². The molecule has 0 aliphatic rings. The molecule has 9 nitrogen and oxygen atoms in total. The lowest BCUT2D eigenvalue weighted by molar-refractivity contribution is -0.142. The monoisotopic (exact) mass is 408 g/mol. The Morgan fingerprint density at radius 3 is 1.96 bits per heavy atom. The molecule has 11 heteroatoms. The summed E-state index contributed by atoms with van der Waals surface area (Å²) in [6.45, 7) is 0. The van der Waals surface area contributed by atoms with Crippen molar-refractivity contribution in [2.75, 3.05) is 24.0 Å². The Labute approximate surface area is 161 Å². The largest absolute Gasteiger partial charge is 0.480 e.